The van der Waals surface area contributed by atoms with Crippen molar-refractivity contribution >= 4 is 27.5 Å². The molecule has 92 valence electrons. The first-order valence-electron chi connectivity index (χ1n) is 5.57. The Morgan fingerprint density at radius 2 is 2.06 bits per heavy atom. The van der Waals surface area contributed by atoms with Crippen molar-refractivity contribution in [2.75, 3.05) is 5.32 Å². The van der Waals surface area contributed by atoms with Gasteiger partial charge in [0.2, 0.25) is 0 Å². The zero-order valence-corrected chi connectivity index (χ0v) is 11.8. The monoisotopic (exact) mass is 304 g/mol. The summed E-state index contributed by atoms with van der Waals surface area (Å²) >= 11 is 3.32. The fourth-order valence-electron chi connectivity index (χ4n) is 1.60. The molecule has 2 aromatic rings. The number of amides is 1. The number of carbonyl (C=O) groups excluding carboxylic acids is 1. The number of aryl methyl sites for hydroxylation is 2. The molecular weight excluding hydrogens is 292 g/mol. The van der Waals surface area contributed by atoms with Crippen LogP contribution in [0.25, 0.3) is 0 Å². The molecule has 2 rings (SSSR count). The second-order valence-electron chi connectivity index (χ2n) is 4.11. The molecule has 1 N–H and O–H groups in total. The van der Waals surface area contributed by atoms with Gasteiger partial charge in [-0.3, -0.25) is 4.79 Å². The third kappa shape index (κ3) is 2.76. The molecule has 0 aliphatic rings. The third-order valence-corrected chi connectivity index (χ3v) is 3.25. The highest BCUT2D eigenvalue weighted by Gasteiger charge is 2.12. The summed E-state index contributed by atoms with van der Waals surface area (Å²) in [5.41, 5.74) is 3.34. The molecule has 0 saturated carbocycles. The molecule has 0 bridgehead atoms. The molecule has 0 saturated heterocycles. The van der Waals surface area contributed by atoms with Crippen molar-refractivity contribution in [1.29, 1.82) is 0 Å². The maximum absolute atomic E-state index is 12.1. The van der Waals surface area contributed by atoms with Gasteiger partial charge in [-0.05, 0) is 59.1 Å². The lowest BCUT2D eigenvalue weighted by molar-refractivity contribution is 0.102. The number of hydrogen-bond acceptors (Lipinski definition) is 2. The van der Waals surface area contributed by atoms with E-state index in [-0.39, 0.29) is 5.91 Å². The molecule has 3 nitrogen and oxygen atoms in total. The van der Waals surface area contributed by atoms with Gasteiger partial charge >= 0.3 is 0 Å². The highest BCUT2D eigenvalue weighted by molar-refractivity contribution is 9.10. The van der Waals surface area contributed by atoms with Gasteiger partial charge in [0.25, 0.3) is 5.91 Å². The standard InChI is InChI=1S/C14H13BrN2O/c1-9-5-6-10(2)12(8-9)17-14(18)13-11(15)4-3-7-16-13/h3-8H,1-2H3,(H,17,18). The molecule has 4 heteroatoms. The number of benzene rings is 1. The molecule has 18 heavy (non-hydrogen) atoms. The third-order valence-electron chi connectivity index (χ3n) is 2.61. The van der Waals surface area contributed by atoms with E-state index in [0.29, 0.717) is 10.2 Å². The van der Waals surface area contributed by atoms with Crippen LogP contribution in [-0.4, -0.2) is 10.9 Å². The Morgan fingerprint density at radius 1 is 1.28 bits per heavy atom. The van der Waals surface area contributed by atoms with Crippen molar-refractivity contribution in [3.05, 3.63) is 57.8 Å². The lowest BCUT2D eigenvalue weighted by Crippen LogP contribution is -2.15. The van der Waals surface area contributed by atoms with Crippen LogP contribution in [0, 0.1) is 13.8 Å². The molecule has 0 atom stereocenters. The van der Waals surface area contributed by atoms with Crippen LogP contribution in [-0.2, 0) is 0 Å². The van der Waals surface area contributed by atoms with Crippen molar-refractivity contribution in [3.63, 3.8) is 0 Å². The average molecular weight is 305 g/mol. The van der Waals surface area contributed by atoms with Gasteiger partial charge in [-0.15, -0.1) is 0 Å². The van der Waals surface area contributed by atoms with Gasteiger partial charge in [0.15, 0.2) is 0 Å². The summed E-state index contributed by atoms with van der Waals surface area (Å²) in [7, 11) is 0. The average Bonchev–Trinajstić information content (AvgIpc) is 2.34. The SMILES string of the molecule is Cc1ccc(C)c(NC(=O)c2ncccc2Br)c1. The van der Waals surface area contributed by atoms with Crippen LogP contribution in [0.1, 0.15) is 21.6 Å². The van der Waals surface area contributed by atoms with Crippen molar-refractivity contribution < 1.29 is 4.79 Å². The smallest absolute Gasteiger partial charge is 0.275 e. The van der Waals surface area contributed by atoms with Gasteiger partial charge in [0.05, 0.1) is 0 Å². The molecule has 1 aromatic carbocycles. The quantitative estimate of drug-likeness (QED) is 0.919. The first-order chi connectivity index (χ1) is 8.58. The summed E-state index contributed by atoms with van der Waals surface area (Å²) in [6, 6.07) is 9.52. The largest absolute Gasteiger partial charge is 0.320 e. The summed E-state index contributed by atoms with van der Waals surface area (Å²) in [6.07, 6.45) is 1.60. The molecule has 0 aliphatic heterocycles. The summed E-state index contributed by atoms with van der Waals surface area (Å²) in [5.74, 6) is -0.212. The van der Waals surface area contributed by atoms with Gasteiger partial charge in [-0.1, -0.05) is 12.1 Å². The maximum atomic E-state index is 12.1. The number of aromatic nitrogens is 1. The molecule has 0 aliphatic carbocycles. The topological polar surface area (TPSA) is 42.0 Å². The van der Waals surface area contributed by atoms with Gasteiger partial charge in [-0.2, -0.15) is 0 Å². The van der Waals surface area contributed by atoms with E-state index in [0.717, 1.165) is 16.8 Å². The second kappa shape index (κ2) is 5.31. The summed E-state index contributed by atoms with van der Waals surface area (Å²) in [5, 5.41) is 2.88. The lowest BCUT2D eigenvalue weighted by atomic mass is 10.1. The molecule has 0 spiro atoms. The molecule has 1 aromatic heterocycles. The lowest BCUT2D eigenvalue weighted by Gasteiger charge is -2.09. The highest BCUT2D eigenvalue weighted by atomic mass is 79.9. The molecular formula is C14H13BrN2O. The number of anilines is 1. The van der Waals surface area contributed by atoms with Gasteiger partial charge in [0, 0.05) is 16.4 Å². The van der Waals surface area contributed by atoms with E-state index < -0.39 is 0 Å². The highest BCUT2D eigenvalue weighted by Crippen LogP contribution is 2.19. The number of hydrogen-bond donors (Lipinski definition) is 1. The number of carbonyl (C=O) groups is 1. The van der Waals surface area contributed by atoms with E-state index >= 15 is 0 Å². The molecule has 1 heterocycles. The van der Waals surface area contributed by atoms with E-state index in [4.69, 9.17) is 0 Å². The van der Waals surface area contributed by atoms with E-state index in [9.17, 15) is 4.79 Å². The fraction of sp³-hybridized carbons (Fsp3) is 0.143. The number of halogens is 1. The summed E-state index contributed by atoms with van der Waals surface area (Å²) in [6.45, 7) is 3.95. The van der Waals surface area contributed by atoms with E-state index in [1.54, 1.807) is 18.3 Å². The van der Waals surface area contributed by atoms with Crippen molar-refractivity contribution in [2.45, 2.75) is 13.8 Å². The van der Waals surface area contributed by atoms with E-state index in [1.165, 1.54) is 0 Å². The van der Waals surface area contributed by atoms with Crippen LogP contribution < -0.4 is 5.32 Å². The molecule has 1 amide bonds. The Bertz CT molecular complexity index is 596. The summed E-state index contributed by atoms with van der Waals surface area (Å²) < 4.78 is 0.688. The number of pyridine rings is 1. The zero-order chi connectivity index (χ0) is 13.1. The van der Waals surface area contributed by atoms with Crippen LogP contribution in [0.4, 0.5) is 5.69 Å². The Hall–Kier alpha value is -1.68. The second-order valence-corrected chi connectivity index (χ2v) is 4.96. The van der Waals surface area contributed by atoms with Gasteiger partial charge < -0.3 is 5.32 Å². The number of nitrogens with one attached hydrogen (secondary N) is 1. The minimum absolute atomic E-state index is 0.212. The molecule has 0 radical (unpaired) electrons. The van der Waals surface area contributed by atoms with Crippen LogP contribution in [0.15, 0.2) is 41.0 Å². The Balaban J connectivity index is 2.27. The van der Waals surface area contributed by atoms with Crippen molar-refractivity contribution in [1.82, 2.24) is 4.98 Å². The summed E-state index contributed by atoms with van der Waals surface area (Å²) in [4.78, 5) is 16.2. The first-order valence-corrected chi connectivity index (χ1v) is 6.36. The van der Waals surface area contributed by atoms with Crippen LogP contribution in [0.3, 0.4) is 0 Å². The fourth-order valence-corrected chi connectivity index (χ4v) is 2.04. The molecule has 0 unspecified atom stereocenters. The minimum atomic E-state index is -0.212. The predicted octanol–water partition coefficient (Wildman–Crippen LogP) is 3.71. The van der Waals surface area contributed by atoms with Crippen molar-refractivity contribution in [3.8, 4) is 0 Å². The van der Waals surface area contributed by atoms with Crippen molar-refractivity contribution in [2.24, 2.45) is 0 Å². The predicted molar refractivity (Wildman–Crippen MR) is 75.8 cm³/mol. The Kier molecular flexibility index (Phi) is 3.77. The maximum Gasteiger partial charge on any atom is 0.275 e. The number of rotatable bonds is 2. The first kappa shape index (κ1) is 12.8. The van der Waals surface area contributed by atoms with Crippen LogP contribution in [0.5, 0.6) is 0 Å². The minimum Gasteiger partial charge on any atom is -0.320 e. The zero-order valence-electron chi connectivity index (χ0n) is 10.2. The van der Waals surface area contributed by atoms with E-state index in [1.807, 2.05) is 32.0 Å². The van der Waals surface area contributed by atoms with Crippen LogP contribution in [0.2, 0.25) is 0 Å². The number of nitrogens with zero attached hydrogens (tertiary/aromatic N) is 1. The van der Waals surface area contributed by atoms with Gasteiger partial charge in [0.1, 0.15) is 5.69 Å². The van der Waals surface area contributed by atoms with Gasteiger partial charge in [-0.25, -0.2) is 4.98 Å². The normalized spacial score (nSPS) is 10.2. The Morgan fingerprint density at radius 3 is 2.78 bits per heavy atom. The molecule has 0 fully saturated rings. The van der Waals surface area contributed by atoms with Crippen LogP contribution >= 0.6 is 15.9 Å². The van der Waals surface area contributed by atoms with E-state index in [2.05, 4.69) is 26.2 Å². The Labute approximate surface area is 114 Å².